The standard InChI is InChI=1S/C34H52O7Si/c1-6-39-42(40-7-2,41-8-3)27-15-25-36-24-13-11-9-10-12-14-26-37-33-22-20-32(21-23-33)31-18-16-30(17-19-31)28-38-34(35)29(4)5/h16-23H,4,6-15,24-28H2,1-3,5H3. The highest BCUT2D eigenvalue weighted by atomic mass is 28.4. The van der Waals surface area contributed by atoms with Gasteiger partial charge in [0.05, 0.1) is 6.61 Å². The van der Waals surface area contributed by atoms with Gasteiger partial charge in [-0.25, -0.2) is 4.79 Å². The predicted molar refractivity (Wildman–Crippen MR) is 171 cm³/mol. The van der Waals surface area contributed by atoms with Crippen LogP contribution in [0.2, 0.25) is 6.04 Å². The Bertz CT molecular complexity index is 991. The molecule has 0 radical (unpaired) electrons. The molecule has 0 spiro atoms. The number of carbonyl (C=O) groups is 1. The lowest BCUT2D eigenvalue weighted by atomic mass is 10.0. The number of hydrogen-bond donors (Lipinski definition) is 0. The molecular formula is C34H52O7Si. The van der Waals surface area contributed by atoms with Crippen LogP contribution in [0.3, 0.4) is 0 Å². The van der Waals surface area contributed by atoms with Crippen LogP contribution in [0.4, 0.5) is 0 Å². The van der Waals surface area contributed by atoms with Crippen LogP contribution in [-0.2, 0) is 34.2 Å². The van der Waals surface area contributed by atoms with E-state index in [0.29, 0.717) is 25.4 Å². The van der Waals surface area contributed by atoms with Crippen molar-refractivity contribution < 1.29 is 32.3 Å². The fourth-order valence-electron chi connectivity index (χ4n) is 4.51. The highest BCUT2D eigenvalue weighted by molar-refractivity contribution is 6.60. The van der Waals surface area contributed by atoms with E-state index in [-0.39, 0.29) is 12.6 Å². The minimum absolute atomic E-state index is 0.246. The van der Waals surface area contributed by atoms with Gasteiger partial charge in [0, 0.05) is 44.7 Å². The molecule has 0 heterocycles. The van der Waals surface area contributed by atoms with Crippen molar-refractivity contribution in [2.45, 2.75) is 85.3 Å². The lowest BCUT2D eigenvalue weighted by molar-refractivity contribution is -0.140. The van der Waals surface area contributed by atoms with Crippen molar-refractivity contribution in [1.82, 2.24) is 0 Å². The molecule has 0 bridgehead atoms. The van der Waals surface area contributed by atoms with E-state index in [1.807, 2.05) is 57.2 Å². The summed E-state index contributed by atoms with van der Waals surface area (Å²) >= 11 is 0. The molecule has 0 saturated carbocycles. The van der Waals surface area contributed by atoms with Crippen LogP contribution in [0.25, 0.3) is 11.1 Å². The maximum atomic E-state index is 11.6. The average molecular weight is 601 g/mol. The topological polar surface area (TPSA) is 72.5 Å². The van der Waals surface area contributed by atoms with Gasteiger partial charge in [-0.15, -0.1) is 0 Å². The third-order valence-corrected chi connectivity index (χ3v) is 9.83. The lowest BCUT2D eigenvalue weighted by Crippen LogP contribution is -2.46. The molecule has 0 unspecified atom stereocenters. The minimum Gasteiger partial charge on any atom is -0.494 e. The van der Waals surface area contributed by atoms with E-state index in [2.05, 4.69) is 18.7 Å². The Morgan fingerprint density at radius 2 is 1.19 bits per heavy atom. The Morgan fingerprint density at radius 3 is 1.74 bits per heavy atom. The summed E-state index contributed by atoms with van der Waals surface area (Å²) in [7, 11) is -2.54. The Morgan fingerprint density at radius 1 is 0.690 bits per heavy atom. The summed E-state index contributed by atoms with van der Waals surface area (Å²) in [5.74, 6) is 0.522. The van der Waals surface area contributed by atoms with Crippen molar-refractivity contribution in [1.29, 1.82) is 0 Å². The van der Waals surface area contributed by atoms with E-state index in [9.17, 15) is 4.79 Å². The maximum Gasteiger partial charge on any atom is 0.501 e. The summed E-state index contributed by atoms with van der Waals surface area (Å²) in [6.07, 6.45) is 7.86. The summed E-state index contributed by atoms with van der Waals surface area (Å²) in [6, 6.07) is 17.0. The quantitative estimate of drug-likeness (QED) is 0.0521. The smallest absolute Gasteiger partial charge is 0.494 e. The van der Waals surface area contributed by atoms with E-state index in [0.717, 1.165) is 67.6 Å². The largest absolute Gasteiger partial charge is 0.501 e. The lowest BCUT2D eigenvalue weighted by Gasteiger charge is -2.28. The van der Waals surface area contributed by atoms with Crippen molar-refractivity contribution in [3.05, 3.63) is 66.2 Å². The second-order valence-corrected chi connectivity index (χ2v) is 13.0. The number of ether oxygens (including phenoxy) is 3. The fourth-order valence-corrected chi connectivity index (χ4v) is 7.09. The predicted octanol–water partition coefficient (Wildman–Crippen LogP) is 8.15. The molecule has 2 rings (SSSR count). The fraction of sp³-hybridized carbons (Fsp3) is 0.559. The molecule has 8 heteroatoms. The van der Waals surface area contributed by atoms with Gasteiger partial charge >= 0.3 is 14.8 Å². The van der Waals surface area contributed by atoms with Gasteiger partial charge in [-0.3, -0.25) is 0 Å². The molecule has 0 amide bonds. The van der Waals surface area contributed by atoms with Crippen LogP contribution in [-0.4, -0.2) is 54.4 Å². The third-order valence-electron chi connectivity index (χ3n) is 6.68. The van der Waals surface area contributed by atoms with Crippen LogP contribution >= 0.6 is 0 Å². The van der Waals surface area contributed by atoms with Crippen molar-refractivity contribution in [2.24, 2.45) is 0 Å². The highest BCUT2D eigenvalue weighted by Gasteiger charge is 2.39. The first-order valence-electron chi connectivity index (χ1n) is 15.6. The van der Waals surface area contributed by atoms with E-state index >= 15 is 0 Å². The first kappa shape index (κ1) is 35.7. The normalized spacial score (nSPS) is 11.4. The average Bonchev–Trinajstić information content (AvgIpc) is 2.99. The van der Waals surface area contributed by atoms with Crippen LogP contribution in [0.1, 0.15) is 78.2 Å². The van der Waals surface area contributed by atoms with Crippen LogP contribution in [0.15, 0.2) is 60.7 Å². The van der Waals surface area contributed by atoms with E-state index < -0.39 is 8.80 Å². The Hall–Kier alpha value is -2.49. The van der Waals surface area contributed by atoms with Gasteiger partial charge in [-0.05, 0) is 75.8 Å². The molecule has 0 atom stereocenters. The molecule has 2 aromatic carbocycles. The van der Waals surface area contributed by atoms with E-state index in [1.54, 1.807) is 6.92 Å². The van der Waals surface area contributed by atoms with Gasteiger partial charge < -0.3 is 27.5 Å². The number of unbranched alkanes of at least 4 members (excludes halogenated alkanes) is 5. The summed E-state index contributed by atoms with van der Waals surface area (Å²) in [6.45, 7) is 15.6. The maximum absolute atomic E-state index is 11.6. The Labute approximate surface area is 254 Å². The van der Waals surface area contributed by atoms with E-state index in [1.165, 1.54) is 25.7 Å². The SMILES string of the molecule is C=C(C)C(=O)OCc1ccc(-c2ccc(OCCCCCCCCOCCC[Si](OCC)(OCC)OCC)cc2)cc1. The summed E-state index contributed by atoms with van der Waals surface area (Å²) in [5, 5.41) is 0. The zero-order valence-corrected chi connectivity index (χ0v) is 27.3. The summed E-state index contributed by atoms with van der Waals surface area (Å²) < 4.78 is 34.7. The first-order valence-corrected chi connectivity index (χ1v) is 17.5. The summed E-state index contributed by atoms with van der Waals surface area (Å²) in [4.78, 5) is 11.6. The first-order chi connectivity index (χ1) is 20.4. The Kier molecular flexibility index (Phi) is 18.1. The van der Waals surface area contributed by atoms with Crippen molar-refractivity contribution in [3.8, 4) is 16.9 Å². The van der Waals surface area contributed by atoms with Crippen LogP contribution < -0.4 is 4.74 Å². The molecule has 0 aliphatic rings. The number of rotatable bonds is 24. The number of carbonyl (C=O) groups excluding carboxylic acids is 1. The number of hydrogen-bond acceptors (Lipinski definition) is 7. The molecule has 7 nitrogen and oxygen atoms in total. The molecule has 0 aliphatic heterocycles. The molecule has 0 aromatic heterocycles. The van der Waals surface area contributed by atoms with Crippen LogP contribution in [0.5, 0.6) is 5.75 Å². The van der Waals surface area contributed by atoms with Gasteiger partial charge in [0.25, 0.3) is 0 Å². The molecule has 0 saturated heterocycles. The molecule has 0 aliphatic carbocycles. The van der Waals surface area contributed by atoms with Crippen molar-refractivity contribution in [2.75, 3.05) is 39.6 Å². The second kappa shape index (κ2) is 21.2. The zero-order chi connectivity index (χ0) is 30.5. The minimum atomic E-state index is -2.54. The van der Waals surface area contributed by atoms with Crippen molar-refractivity contribution in [3.63, 3.8) is 0 Å². The number of benzene rings is 2. The van der Waals surface area contributed by atoms with Gasteiger partial charge in [0.15, 0.2) is 0 Å². The highest BCUT2D eigenvalue weighted by Crippen LogP contribution is 2.23. The number of esters is 1. The molecular weight excluding hydrogens is 548 g/mol. The van der Waals surface area contributed by atoms with Gasteiger partial charge in [0.2, 0.25) is 0 Å². The van der Waals surface area contributed by atoms with Crippen LogP contribution in [0, 0.1) is 0 Å². The van der Waals surface area contributed by atoms with Crippen molar-refractivity contribution >= 4 is 14.8 Å². The molecule has 0 fully saturated rings. The summed E-state index contributed by atoms with van der Waals surface area (Å²) in [5.41, 5.74) is 3.57. The molecule has 2 aromatic rings. The monoisotopic (exact) mass is 600 g/mol. The Balaban J connectivity index is 1.51. The second-order valence-electron chi connectivity index (χ2n) is 10.2. The van der Waals surface area contributed by atoms with Gasteiger partial charge in [-0.1, -0.05) is 68.7 Å². The van der Waals surface area contributed by atoms with Gasteiger partial charge in [0.1, 0.15) is 12.4 Å². The zero-order valence-electron chi connectivity index (χ0n) is 26.3. The molecule has 234 valence electrons. The molecule has 0 N–H and O–H groups in total. The van der Waals surface area contributed by atoms with Gasteiger partial charge in [-0.2, -0.15) is 0 Å². The third kappa shape index (κ3) is 14.1. The molecule has 42 heavy (non-hydrogen) atoms. The van der Waals surface area contributed by atoms with E-state index in [4.69, 9.17) is 27.5 Å².